The molecule has 1 aliphatic rings. The molecule has 0 aromatic heterocycles. The summed E-state index contributed by atoms with van der Waals surface area (Å²) in [5.41, 5.74) is 5.84. The first-order valence-electron chi connectivity index (χ1n) is 7.50. The number of nitrogens with zero attached hydrogens (tertiary/aromatic N) is 1. The first-order valence-corrected chi connectivity index (χ1v) is 7.50. The number of methoxy groups -OCH3 is 1. The Bertz CT molecular complexity index is 457. The average molecular weight is 292 g/mol. The van der Waals surface area contributed by atoms with Crippen molar-refractivity contribution in [2.24, 2.45) is 5.73 Å². The van der Waals surface area contributed by atoms with E-state index in [4.69, 9.17) is 15.2 Å². The van der Waals surface area contributed by atoms with Crippen LogP contribution >= 0.6 is 0 Å². The number of nitrogens with two attached hydrogens (primary N) is 1. The summed E-state index contributed by atoms with van der Waals surface area (Å²) in [7, 11) is 1.62. The topological polar surface area (TPSA) is 64.8 Å². The number of para-hydroxylation sites is 2. The zero-order chi connectivity index (χ0) is 15.1. The normalized spacial score (nSPS) is 15.8. The number of ether oxygens (including phenoxy) is 2. The monoisotopic (exact) mass is 292 g/mol. The van der Waals surface area contributed by atoms with Gasteiger partial charge in [0.1, 0.15) is 0 Å². The second-order valence-corrected chi connectivity index (χ2v) is 5.32. The number of hydrogen-bond donors (Lipinski definition) is 1. The van der Waals surface area contributed by atoms with Crippen LogP contribution in [0.25, 0.3) is 0 Å². The fourth-order valence-electron chi connectivity index (χ4n) is 2.45. The van der Waals surface area contributed by atoms with E-state index in [1.54, 1.807) is 7.11 Å². The third-order valence-electron chi connectivity index (χ3n) is 3.75. The summed E-state index contributed by atoms with van der Waals surface area (Å²) >= 11 is 0. The van der Waals surface area contributed by atoms with Crippen LogP contribution < -0.4 is 15.2 Å². The first-order chi connectivity index (χ1) is 10.2. The molecule has 0 atom stereocenters. The maximum absolute atomic E-state index is 12.0. The summed E-state index contributed by atoms with van der Waals surface area (Å²) in [5.74, 6) is 1.63. The lowest BCUT2D eigenvalue weighted by molar-refractivity contribution is -0.132. The van der Waals surface area contributed by atoms with E-state index in [2.05, 4.69) is 0 Å². The third kappa shape index (κ3) is 4.63. The smallest absolute Gasteiger partial charge is 0.222 e. The van der Waals surface area contributed by atoms with Crippen LogP contribution in [0, 0.1) is 0 Å². The molecule has 21 heavy (non-hydrogen) atoms. The molecule has 1 fully saturated rings. The highest BCUT2D eigenvalue weighted by atomic mass is 16.5. The van der Waals surface area contributed by atoms with E-state index in [1.165, 1.54) is 0 Å². The molecule has 0 aliphatic carbocycles. The van der Waals surface area contributed by atoms with Crippen molar-refractivity contribution in [2.45, 2.75) is 31.7 Å². The number of benzene rings is 1. The maximum atomic E-state index is 12.0. The molecule has 0 unspecified atom stereocenters. The van der Waals surface area contributed by atoms with Gasteiger partial charge in [-0.2, -0.15) is 0 Å². The Kier molecular flexibility index (Phi) is 5.87. The lowest BCUT2D eigenvalue weighted by Crippen LogP contribution is -2.42. The molecule has 0 spiro atoms. The largest absolute Gasteiger partial charge is 0.493 e. The van der Waals surface area contributed by atoms with Crippen LogP contribution in [0.5, 0.6) is 11.5 Å². The van der Waals surface area contributed by atoms with Crippen molar-refractivity contribution in [3.63, 3.8) is 0 Å². The van der Waals surface area contributed by atoms with Gasteiger partial charge in [0.2, 0.25) is 5.91 Å². The predicted molar refractivity (Wildman–Crippen MR) is 81.5 cm³/mol. The van der Waals surface area contributed by atoms with E-state index in [-0.39, 0.29) is 11.9 Å². The van der Waals surface area contributed by atoms with Crippen molar-refractivity contribution in [2.75, 3.05) is 26.8 Å². The van der Waals surface area contributed by atoms with Gasteiger partial charge in [0.15, 0.2) is 11.5 Å². The first kappa shape index (κ1) is 15.6. The van der Waals surface area contributed by atoms with Crippen LogP contribution in [0.2, 0.25) is 0 Å². The number of carbonyl (C=O) groups is 1. The number of piperidine rings is 1. The molecule has 1 heterocycles. The summed E-state index contributed by atoms with van der Waals surface area (Å²) in [5, 5.41) is 0. The van der Waals surface area contributed by atoms with Gasteiger partial charge >= 0.3 is 0 Å². The molecule has 2 N–H and O–H groups in total. The van der Waals surface area contributed by atoms with Gasteiger partial charge in [-0.15, -0.1) is 0 Å². The van der Waals surface area contributed by atoms with E-state index < -0.39 is 0 Å². The Morgan fingerprint density at radius 1 is 1.29 bits per heavy atom. The van der Waals surface area contributed by atoms with Crippen LogP contribution in [0.1, 0.15) is 25.7 Å². The minimum absolute atomic E-state index is 0.200. The van der Waals surface area contributed by atoms with Crippen molar-refractivity contribution in [3.05, 3.63) is 24.3 Å². The number of likely N-dealkylation sites (tertiary alicyclic amines) is 1. The molecule has 1 saturated heterocycles. The Labute approximate surface area is 126 Å². The second kappa shape index (κ2) is 7.88. The van der Waals surface area contributed by atoms with E-state index >= 15 is 0 Å². The lowest BCUT2D eigenvalue weighted by atomic mass is 10.1. The zero-order valence-corrected chi connectivity index (χ0v) is 12.6. The van der Waals surface area contributed by atoms with Crippen LogP contribution in [-0.4, -0.2) is 43.7 Å². The molecule has 116 valence electrons. The summed E-state index contributed by atoms with van der Waals surface area (Å²) in [6.07, 6.45) is 3.04. The molecule has 2 rings (SSSR count). The van der Waals surface area contributed by atoms with Gasteiger partial charge in [0, 0.05) is 25.6 Å². The Morgan fingerprint density at radius 2 is 1.95 bits per heavy atom. The highest BCUT2D eigenvalue weighted by Gasteiger charge is 2.19. The van der Waals surface area contributed by atoms with Gasteiger partial charge in [-0.25, -0.2) is 0 Å². The highest BCUT2D eigenvalue weighted by molar-refractivity contribution is 5.76. The second-order valence-electron chi connectivity index (χ2n) is 5.32. The maximum Gasteiger partial charge on any atom is 0.222 e. The van der Waals surface area contributed by atoms with Crippen molar-refractivity contribution in [3.8, 4) is 11.5 Å². The summed E-state index contributed by atoms with van der Waals surface area (Å²) in [6, 6.07) is 7.78. The number of hydrogen-bond acceptors (Lipinski definition) is 4. The highest BCUT2D eigenvalue weighted by Crippen LogP contribution is 2.25. The fourth-order valence-corrected chi connectivity index (χ4v) is 2.45. The van der Waals surface area contributed by atoms with Gasteiger partial charge in [-0.05, 0) is 31.4 Å². The Hall–Kier alpha value is -1.75. The lowest BCUT2D eigenvalue weighted by Gasteiger charge is -2.30. The molecule has 1 aromatic rings. The fraction of sp³-hybridized carbons (Fsp3) is 0.562. The molecular formula is C16H24N2O3. The van der Waals surface area contributed by atoms with Gasteiger partial charge in [-0.3, -0.25) is 4.79 Å². The van der Waals surface area contributed by atoms with Gasteiger partial charge in [0.05, 0.1) is 13.7 Å². The number of rotatable bonds is 6. The van der Waals surface area contributed by atoms with E-state index in [0.717, 1.165) is 31.7 Å². The van der Waals surface area contributed by atoms with Crippen LogP contribution in [0.15, 0.2) is 24.3 Å². The SMILES string of the molecule is COc1ccccc1OCCCC(=O)N1CCC(N)CC1. The van der Waals surface area contributed by atoms with Crippen LogP contribution in [-0.2, 0) is 4.79 Å². The minimum Gasteiger partial charge on any atom is -0.493 e. The summed E-state index contributed by atoms with van der Waals surface area (Å²) in [6.45, 7) is 2.08. The number of carbonyl (C=O) groups excluding carboxylic acids is 1. The van der Waals surface area contributed by atoms with Crippen LogP contribution in [0.3, 0.4) is 0 Å². The van der Waals surface area contributed by atoms with Gasteiger partial charge in [-0.1, -0.05) is 12.1 Å². The van der Waals surface area contributed by atoms with Crippen molar-refractivity contribution >= 4 is 5.91 Å². The predicted octanol–water partition coefficient (Wildman–Crippen LogP) is 1.80. The third-order valence-corrected chi connectivity index (χ3v) is 3.75. The molecular weight excluding hydrogens is 268 g/mol. The molecule has 0 radical (unpaired) electrons. The molecule has 1 aromatic carbocycles. The van der Waals surface area contributed by atoms with Gasteiger partial charge in [0.25, 0.3) is 0 Å². The molecule has 0 saturated carbocycles. The quantitative estimate of drug-likeness (QED) is 0.812. The van der Waals surface area contributed by atoms with Crippen molar-refractivity contribution in [1.82, 2.24) is 4.90 Å². The molecule has 5 nitrogen and oxygen atoms in total. The molecule has 1 aliphatic heterocycles. The Balaban J connectivity index is 1.68. The number of amides is 1. The zero-order valence-electron chi connectivity index (χ0n) is 12.6. The molecule has 5 heteroatoms. The molecule has 0 bridgehead atoms. The van der Waals surface area contributed by atoms with E-state index in [0.29, 0.717) is 25.2 Å². The standard InChI is InChI=1S/C16H24N2O3/c1-20-14-5-2-3-6-15(14)21-12-4-7-16(19)18-10-8-13(17)9-11-18/h2-3,5-6,13H,4,7-12,17H2,1H3. The molecule has 1 amide bonds. The van der Waals surface area contributed by atoms with Crippen molar-refractivity contribution < 1.29 is 14.3 Å². The van der Waals surface area contributed by atoms with E-state index in [1.807, 2.05) is 29.2 Å². The van der Waals surface area contributed by atoms with Gasteiger partial charge < -0.3 is 20.1 Å². The average Bonchev–Trinajstić information content (AvgIpc) is 2.52. The van der Waals surface area contributed by atoms with Crippen molar-refractivity contribution in [1.29, 1.82) is 0 Å². The minimum atomic E-state index is 0.200. The summed E-state index contributed by atoms with van der Waals surface area (Å²) < 4.78 is 10.9. The Morgan fingerprint density at radius 3 is 2.62 bits per heavy atom. The van der Waals surface area contributed by atoms with E-state index in [9.17, 15) is 4.79 Å². The summed E-state index contributed by atoms with van der Waals surface area (Å²) in [4.78, 5) is 14.0. The van der Waals surface area contributed by atoms with Crippen LogP contribution in [0.4, 0.5) is 0 Å².